The summed E-state index contributed by atoms with van der Waals surface area (Å²) in [5, 5.41) is 8.40. The minimum absolute atomic E-state index is 0. The van der Waals surface area contributed by atoms with E-state index in [0.717, 1.165) is 6.07 Å². The summed E-state index contributed by atoms with van der Waals surface area (Å²) >= 11 is 2.76. The highest BCUT2D eigenvalue weighted by Gasteiger charge is 2.12. The molecule has 0 bridgehead atoms. The number of hydrogen-bond donors (Lipinski definition) is 1. The molecule has 0 saturated heterocycles. The second-order valence-corrected chi connectivity index (χ2v) is 2.52. The lowest BCUT2D eigenvalue weighted by atomic mass is 10.3. The molecule has 0 aromatic carbocycles. The van der Waals surface area contributed by atoms with Gasteiger partial charge in [0.05, 0.1) is 5.56 Å². The first kappa shape index (κ1) is 11.3. The van der Waals surface area contributed by atoms with Gasteiger partial charge in [-0.05, 0) is 22.0 Å². The molecule has 0 amide bonds. The Morgan fingerprint density at radius 3 is 2.67 bits per heavy atom. The second-order valence-electron chi connectivity index (χ2n) is 1.77. The fourth-order valence-electron chi connectivity index (χ4n) is 0.583. The van der Waals surface area contributed by atoms with Crippen molar-refractivity contribution >= 4 is 34.3 Å². The molecule has 66 valence electrons. The van der Waals surface area contributed by atoms with Crippen molar-refractivity contribution in [3.8, 4) is 0 Å². The summed E-state index contributed by atoms with van der Waals surface area (Å²) in [6.45, 7) is 0. The van der Waals surface area contributed by atoms with Crippen LogP contribution in [0.5, 0.6) is 0 Å². The third-order valence-corrected chi connectivity index (χ3v) is 1.63. The smallest absolute Gasteiger partial charge is 0.338 e. The van der Waals surface area contributed by atoms with Crippen LogP contribution in [0.25, 0.3) is 0 Å². The lowest BCUT2D eigenvalue weighted by Gasteiger charge is -1.96. The Balaban J connectivity index is 0.00000121. The number of nitrogens with zero attached hydrogens (tertiary/aromatic N) is 1. The zero-order chi connectivity index (χ0) is 8.43. The van der Waals surface area contributed by atoms with Gasteiger partial charge in [0.2, 0.25) is 0 Å². The van der Waals surface area contributed by atoms with E-state index in [2.05, 4.69) is 20.9 Å². The van der Waals surface area contributed by atoms with Crippen LogP contribution in [0.15, 0.2) is 16.9 Å². The van der Waals surface area contributed by atoms with Crippen LogP contribution >= 0.6 is 28.3 Å². The number of halogens is 3. The lowest BCUT2D eigenvalue weighted by molar-refractivity contribution is 0.0691. The summed E-state index contributed by atoms with van der Waals surface area (Å²) < 4.78 is 12.7. The average molecular weight is 256 g/mol. The van der Waals surface area contributed by atoms with Crippen LogP contribution in [-0.2, 0) is 0 Å². The van der Waals surface area contributed by atoms with Gasteiger partial charge in [-0.2, -0.15) is 0 Å². The third kappa shape index (κ3) is 2.15. The van der Waals surface area contributed by atoms with Gasteiger partial charge < -0.3 is 5.11 Å². The number of carboxylic acid groups (broad SMARTS) is 1. The summed E-state index contributed by atoms with van der Waals surface area (Å²) in [7, 11) is 0. The Labute approximate surface area is 82.2 Å². The first-order valence-corrected chi connectivity index (χ1v) is 3.45. The number of pyridine rings is 1. The molecule has 0 aliphatic heterocycles. The molecule has 3 nitrogen and oxygen atoms in total. The molecule has 0 fully saturated rings. The van der Waals surface area contributed by atoms with Gasteiger partial charge in [0, 0.05) is 6.20 Å². The van der Waals surface area contributed by atoms with E-state index in [1.54, 1.807) is 0 Å². The van der Waals surface area contributed by atoms with Gasteiger partial charge in [-0.1, -0.05) is 0 Å². The molecule has 1 rings (SSSR count). The monoisotopic (exact) mass is 255 g/mol. The standard InChI is InChI=1S/C6H3BrFNO2.ClH/c7-5-4(8)3(6(10)11)1-2-9-5;/h1-2H,(H,10,11);1H. The molecule has 1 heterocycles. The molecule has 0 radical (unpaired) electrons. The minimum Gasteiger partial charge on any atom is -0.478 e. The van der Waals surface area contributed by atoms with Gasteiger partial charge in [-0.15, -0.1) is 12.4 Å². The molecule has 0 aliphatic carbocycles. The van der Waals surface area contributed by atoms with Gasteiger partial charge in [-0.25, -0.2) is 14.2 Å². The van der Waals surface area contributed by atoms with Crippen LogP contribution in [0.1, 0.15) is 10.4 Å². The van der Waals surface area contributed by atoms with Crippen molar-refractivity contribution in [1.82, 2.24) is 4.98 Å². The topological polar surface area (TPSA) is 50.2 Å². The maximum Gasteiger partial charge on any atom is 0.338 e. The van der Waals surface area contributed by atoms with Crippen LogP contribution in [0.2, 0.25) is 0 Å². The summed E-state index contributed by atoms with van der Waals surface area (Å²) in [4.78, 5) is 13.8. The zero-order valence-corrected chi connectivity index (χ0v) is 8.02. The van der Waals surface area contributed by atoms with Crippen LogP contribution in [0, 0.1) is 5.82 Å². The molecule has 0 unspecified atom stereocenters. The molecule has 0 saturated carbocycles. The van der Waals surface area contributed by atoms with Gasteiger partial charge in [0.15, 0.2) is 5.82 Å². The normalized spacial score (nSPS) is 8.83. The van der Waals surface area contributed by atoms with Crippen molar-refractivity contribution in [3.05, 3.63) is 28.2 Å². The predicted molar refractivity (Wildman–Crippen MR) is 46.1 cm³/mol. The van der Waals surface area contributed by atoms with Crippen molar-refractivity contribution in [1.29, 1.82) is 0 Å². The van der Waals surface area contributed by atoms with Crippen LogP contribution in [-0.4, -0.2) is 16.1 Å². The fourth-order valence-corrected chi connectivity index (χ4v) is 0.915. The Morgan fingerprint density at radius 2 is 2.25 bits per heavy atom. The summed E-state index contributed by atoms with van der Waals surface area (Å²) in [6, 6.07) is 1.10. The molecule has 1 aromatic rings. The van der Waals surface area contributed by atoms with E-state index >= 15 is 0 Å². The van der Waals surface area contributed by atoms with E-state index in [0.29, 0.717) is 0 Å². The summed E-state index contributed by atoms with van der Waals surface area (Å²) in [5.41, 5.74) is -0.383. The number of carbonyl (C=O) groups is 1. The molecule has 12 heavy (non-hydrogen) atoms. The number of hydrogen-bond acceptors (Lipinski definition) is 2. The van der Waals surface area contributed by atoms with Crippen LogP contribution in [0.4, 0.5) is 4.39 Å². The Bertz CT molecular complexity index is 308. The number of rotatable bonds is 1. The lowest BCUT2D eigenvalue weighted by Crippen LogP contribution is -2.01. The van der Waals surface area contributed by atoms with E-state index < -0.39 is 11.8 Å². The Morgan fingerprint density at radius 1 is 1.67 bits per heavy atom. The SMILES string of the molecule is Cl.O=C(O)c1ccnc(Br)c1F. The number of aromatic nitrogens is 1. The van der Waals surface area contributed by atoms with E-state index in [1.165, 1.54) is 6.20 Å². The molecular formula is C6H4BrClFNO2. The fraction of sp³-hybridized carbons (Fsp3) is 0. The molecule has 1 N–H and O–H groups in total. The Kier molecular flexibility index (Phi) is 4.12. The zero-order valence-electron chi connectivity index (χ0n) is 5.62. The molecule has 0 aliphatic rings. The molecule has 1 aromatic heterocycles. The van der Waals surface area contributed by atoms with Crippen molar-refractivity contribution < 1.29 is 14.3 Å². The van der Waals surface area contributed by atoms with E-state index in [4.69, 9.17) is 5.11 Å². The van der Waals surface area contributed by atoms with E-state index in [-0.39, 0.29) is 22.6 Å². The van der Waals surface area contributed by atoms with E-state index in [9.17, 15) is 9.18 Å². The van der Waals surface area contributed by atoms with Crippen molar-refractivity contribution in [2.45, 2.75) is 0 Å². The van der Waals surface area contributed by atoms with Gasteiger partial charge in [0.25, 0.3) is 0 Å². The summed E-state index contributed by atoms with van der Waals surface area (Å²) in [5.74, 6) is -2.15. The highest BCUT2D eigenvalue weighted by Crippen LogP contribution is 2.14. The highest BCUT2D eigenvalue weighted by molar-refractivity contribution is 9.10. The maximum atomic E-state index is 12.8. The quantitative estimate of drug-likeness (QED) is 0.783. The molecule has 6 heteroatoms. The summed E-state index contributed by atoms with van der Waals surface area (Å²) in [6.07, 6.45) is 1.22. The predicted octanol–water partition coefficient (Wildman–Crippen LogP) is 2.10. The molecule has 0 atom stereocenters. The molecular weight excluding hydrogens is 252 g/mol. The van der Waals surface area contributed by atoms with Gasteiger partial charge in [0.1, 0.15) is 4.60 Å². The van der Waals surface area contributed by atoms with Crippen molar-refractivity contribution in [2.24, 2.45) is 0 Å². The average Bonchev–Trinajstić information content (AvgIpc) is 1.94. The van der Waals surface area contributed by atoms with Crippen LogP contribution < -0.4 is 0 Å². The Hall–Kier alpha value is -0.680. The van der Waals surface area contributed by atoms with Crippen molar-refractivity contribution in [3.63, 3.8) is 0 Å². The van der Waals surface area contributed by atoms with Crippen LogP contribution in [0.3, 0.4) is 0 Å². The maximum absolute atomic E-state index is 12.8. The number of carboxylic acids is 1. The largest absolute Gasteiger partial charge is 0.478 e. The second kappa shape index (κ2) is 4.37. The highest BCUT2D eigenvalue weighted by atomic mass is 79.9. The molecule has 0 spiro atoms. The van der Waals surface area contributed by atoms with Gasteiger partial charge in [-0.3, -0.25) is 0 Å². The van der Waals surface area contributed by atoms with Gasteiger partial charge >= 0.3 is 5.97 Å². The third-order valence-electron chi connectivity index (χ3n) is 1.08. The van der Waals surface area contributed by atoms with Crippen molar-refractivity contribution in [2.75, 3.05) is 0 Å². The minimum atomic E-state index is -1.30. The first-order chi connectivity index (χ1) is 5.13. The first-order valence-electron chi connectivity index (χ1n) is 2.66. The van der Waals surface area contributed by atoms with E-state index in [1.807, 2.05) is 0 Å². The number of aromatic carboxylic acids is 1.